The monoisotopic (exact) mass is 386 g/mol. The van der Waals surface area contributed by atoms with E-state index in [1.54, 1.807) is 24.3 Å². The molecule has 2 aromatic rings. The molecule has 0 aliphatic rings. The van der Waals surface area contributed by atoms with Crippen LogP contribution in [0.15, 0.2) is 34.8 Å². The summed E-state index contributed by atoms with van der Waals surface area (Å²) in [6.07, 6.45) is 0.191. The third-order valence-electron chi connectivity index (χ3n) is 2.88. The van der Waals surface area contributed by atoms with Crippen molar-refractivity contribution in [1.29, 1.82) is 0 Å². The van der Waals surface area contributed by atoms with Crippen LogP contribution in [-0.4, -0.2) is 5.91 Å². The van der Waals surface area contributed by atoms with Crippen LogP contribution in [0.4, 0.5) is 11.4 Å². The summed E-state index contributed by atoms with van der Waals surface area (Å²) in [6.45, 7) is 1.93. The van der Waals surface area contributed by atoms with E-state index in [1.165, 1.54) is 0 Å². The van der Waals surface area contributed by atoms with E-state index in [0.717, 1.165) is 15.6 Å². The van der Waals surface area contributed by atoms with Gasteiger partial charge in [-0.05, 0) is 58.2 Å². The van der Waals surface area contributed by atoms with Crippen LogP contribution in [-0.2, 0) is 11.2 Å². The second-order valence-electron chi connectivity index (χ2n) is 4.68. The molecule has 110 valence electrons. The number of aryl methyl sites for hydroxylation is 1. The largest absolute Gasteiger partial charge is 0.397 e. The van der Waals surface area contributed by atoms with Crippen molar-refractivity contribution in [2.45, 2.75) is 13.3 Å². The van der Waals surface area contributed by atoms with E-state index in [0.29, 0.717) is 21.4 Å². The zero-order valence-electron chi connectivity index (χ0n) is 11.2. The smallest absolute Gasteiger partial charge is 0.228 e. The van der Waals surface area contributed by atoms with Gasteiger partial charge in [-0.15, -0.1) is 0 Å². The molecule has 0 radical (unpaired) electrons. The molecule has 1 amide bonds. The van der Waals surface area contributed by atoms with Gasteiger partial charge in [0.2, 0.25) is 5.91 Å². The number of nitrogens with one attached hydrogen (secondary N) is 1. The number of hydrogen-bond acceptors (Lipinski definition) is 2. The van der Waals surface area contributed by atoms with Gasteiger partial charge in [-0.25, -0.2) is 0 Å². The summed E-state index contributed by atoms with van der Waals surface area (Å²) in [6, 6.07) is 8.81. The lowest BCUT2D eigenvalue weighted by Crippen LogP contribution is -2.16. The fraction of sp³-hybridized carbons (Fsp3) is 0.133. The lowest BCUT2D eigenvalue weighted by atomic mass is 10.1. The second-order valence-corrected chi connectivity index (χ2v) is 6.35. The minimum absolute atomic E-state index is 0.176. The number of rotatable bonds is 3. The van der Waals surface area contributed by atoms with Crippen molar-refractivity contribution >= 4 is 56.4 Å². The molecule has 0 saturated heterocycles. The standard InChI is InChI=1S/C15H13BrCl2N2O/c1-8-4-10(16)15(13(19)5-8)20-14(21)7-9-2-3-11(17)12(18)6-9/h2-6H,7,19H2,1H3,(H,20,21). The molecule has 0 atom stereocenters. The molecule has 6 heteroatoms. The summed E-state index contributed by atoms with van der Waals surface area (Å²) in [7, 11) is 0. The molecule has 0 fully saturated rings. The Morgan fingerprint density at radius 1 is 1.24 bits per heavy atom. The predicted octanol–water partition coefficient (Wildman–Crippen LogP) is 4.83. The van der Waals surface area contributed by atoms with Gasteiger partial charge in [-0.1, -0.05) is 29.3 Å². The first-order chi connectivity index (χ1) is 9.86. The highest BCUT2D eigenvalue weighted by Gasteiger charge is 2.11. The van der Waals surface area contributed by atoms with Crippen LogP contribution in [0.2, 0.25) is 10.0 Å². The van der Waals surface area contributed by atoms with Gasteiger partial charge in [0.15, 0.2) is 0 Å². The van der Waals surface area contributed by atoms with Crippen molar-refractivity contribution in [3.8, 4) is 0 Å². The van der Waals surface area contributed by atoms with Crippen LogP contribution >= 0.6 is 39.1 Å². The molecule has 0 spiro atoms. The summed E-state index contributed by atoms with van der Waals surface area (Å²) in [4.78, 5) is 12.1. The Hall–Kier alpha value is -1.23. The van der Waals surface area contributed by atoms with Crippen molar-refractivity contribution < 1.29 is 4.79 Å². The molecular formula is C15H13BrCl2N2O. The highest BCUT2D eigenvalue weighted by Crippen LogP contribution is 2.30. The molecule has 3 nitrogen and oxygen atoms in total. The Kier molecular flexibility index (Phi) is 5.14. The van der Waals surface area contributed by atoms with Crippen LogP contribution in [0.5, 0.6) is 0 Å². The van der Waals surface area contributed by atoms with Gasteiger partial charge in [0.25, 0.3) is 0 Å². The second kappa shape index (κ2) is 6.69. The average Bonchev–Trinajstić information content (AvgIpc) is 2.38. The maximum atomic E-state index is 12.1. The Morgan fingerprint density at radius 3 is 2.57 bits per heavy atom. The molecule has 0 aromatic heterocycles. The van der Waals surface area contributed by atoms with E-state index in [2.05, 4.69) is 21.2 Å². The zero-order chi connectivity index (χ0) is 15.6. The molecule has 3 N–H and O–H groups in total. The summed E-state index contributed by atoms with van der Waals surface area (Å²) in [5, 5.41) is 3.69. The SMILES string of the molecule is Cc1cc(N)c(NC(=O)Cc2ccc(Cl)c(Cl)c2)c(Br)c1. The van der Waals surface area contributed by atoms with Crippen LogP contribution < -0.4 is 11.1 Å². The predicted molar refractivity (Wildman–Crippen MR) is 92.1 cm³/mol. The van der Waals surface area contributed by atoms with Gasteiger partial charge in [0.1, 0.15) is 0 Å². The lowest BCUT2D eigenvalue weighted by Gasteiger charge is -2.11. The minimum atomic E-state index is -0.176. The number of halogens is 3. The minimum Gasteiger partial charge on any atom is -0.397 e. The molecule has 0 saturated carbocycles. The van der Waals surface area contributed by atoms with Gasteiger partial charge in [0.05, 0.1) is 27.8 Å². The number of benzene rings is 2. The first-order valence-electron chi connectivity index (χ1n) is 6.16. The van der Waals surface area contributed by atoms with Crippen LogP contribution in [0.3, 0.4) is 0 Å². The molecule has 0 unspecified atom stereocenters. The van der Waals surface area contributed by atoms with Crippen molar-refractivity contribution in [3.05, 3.63) is 56.0 Å². The number of amides is 1. The molecule has 0 bridgehead atoms. The molecule has 2 rings (SSSR count). The van der Waals surface area contributed by atoms with E-state index < -0.39 is 0 Å². The number of nitrogens with two attached hydrogens (primary N) is 1. The molecule has 0 aliphatic carbocycles. The molecule has 21 heavy (non-hydrogen) atoms. The Balaban J connectivity index is 2.13. The summed E-state index contributed by atoms with van der Waals surface area (Å²) < 4.78 is 0.752. The topological polar surface area (TPSA) is 55.1 Å². The van der Waals surface area contributed by atoms with Gasteiger partial charge < -0.3 is 11.1 Å². The summed E-state index contributed by atoms with van der Waals surface area (Å²) >= 11 is 15.2. The first kappa shape index (κ1) is 16.1. The normalized spacial score (nSPS) is 10.5. The molecule has 0 aliphatic heterocycles. The zero-order valence-corrected chi connectivity index (χ0v) is 14.3. The summed E-state index contributed by atoms with van der Waals surface area (Å²) in [5.74, 6) is -0.176. The van der Waals surface area contributed by atoms with Crippen molar-refractivity contribution in [2.75, 3.05) is 11.1 Å². The quantitative estimate of drug-likeness (QED) is 0.741. The van der Waals surface area contributed by atoms with Gasteiger partial charge in [-0.3, -0.25) is 4.79 Å². The number of hydrogen-bond donors (Lipinski definition) is 2. The first-order valence-corrected chi connectivity index (χ1v) is 7.71. The van der Waals surface area contributed by atoms with Crippen LogP contribution in [0.25, 0.3) is 0 Å². The van der Waals surface area contributed by atoms with E-state index >= 15 is 0 Å². The van der Waals surface area contributed by atoms with Gasteiger partial charge in [-0.2, -0.15) is 0 Å². The number of anilines is 2. The van der Waals surface area contributed by atoms with Crippen molar-refractivity contribution in [3.63, 3.8) is 0 Å². The van der Waals surface area contributed by atoms with E-state index in [4.69, 9.17) is 28.9 Å². The van der Waals surface area contributed by atoms with E-state index in [1.807, 2.05) is 13.0 Å². The third-order valence-corrected chi connectivity index (χ3v) is 4.24. The fourth-order valence-corrected chi connectivity index (χ4v) is 2.93. The highest BCUT2D eigenvalue weighted by molar-refractivity contribution is 9.10. The number of nitrogen functional groups attached to an aromatic ring is 1. The van der Waals surface area contributed by atoms with Crippen molar-refractivity contribution in [1.82, 2.24) is 0 Å². The maximum absolute atomic E-state index is 12.1. The molecule has 0 heterocycles. The third kappa shape index (κ3) is 4.13. The lowest BCUT2D eigenvalue weighted by molar-refractivity contribution is -0.115. The van der Waals surface area contributed by atoms with E-state index in [9.17, 15) is 4.79 Å². The van der Waals surface area contributed by atoms with Crippen LogP contribution in [0, 0.1) is 6.92 Å². The summed E-state index contributed by atoms with van der Waals surface area (Å²) in [5.41, 5.74) is 8.81. The van der Waals surface area contributed by atoms with Gasteiger partial charge >= 0.3 is 0 Å². The molecule has 2 aromatic carbocycles. The number of carbonyl (C=O) groups excluding carboxylic acids is 1. The van der Waals surface area contributed by atoms with Crippen molar-refractivity contribution in [2.24, 2.45) is 0 Å². The fourth-order valence-electron chi connectivity index (χ4n) is 1.92. The average molecular weight is 388 g/mol. The van der Waals surface area contributed by atoms with Crippen LogP contribution in [0.1, 0.15) is 11.1 Å². The number of carbonyl (C=O) groups is 1. The maximum Gasteiger partial charge on any atom is 0.228 e. The van der Waals surface area contributed by atoms with Gasteiger partial charge in [0, 0.05) is 4.47 Å². The Morgan fingerprint density at radius 2 is 1.95 bits per heavy atom. The Bertz CT molecular complexity index is 681. The Labute approximate surface area is 141 Å². The highest BCUT2D eigenvalue weighted by atomic mass is 79.9. The molecular weight excluding hydrogens is 375 g/mol. The van der Waals surface area contributed by atoms with E-state index in [-0.39, 0.29) is 12.3 Å².